The molecule has 0 spiro atoms. The maximum Gasteiger partial charge on any atom is 0.315 e. The molecule has 3 amide bonds. The summed E-state index contributed by atoms with van der Waals surface area (Å²) in [5, 5.41) is 7.43. The van der Waals surface area contributed by atoms with Crippen LogP contribution in [0.15, 0.2) is 35.8 Å². The molecule has 1 aliphatic heterocycles. The van der Waals surface area contributed by atoms with Crippen LogP contribution in [0.4, 0.5) is 4.79 Å². The molecule has 126 valence electrons. The third-order valence-electron chi connectivity index (χ3n) is 3.95. The topological polar surface area (TPSA) is 74.3 Å². The first kappa shape index (κ1) is 16.4. The van der Waals surface area contributed by atoms with Crippen molar-refractivity contribution in [2.75, 3.05) is 19.6 Å². The average Bonchev–Trinajstić information content (AvgIpc) is 3.08. The SMILES string of the molecule is O=C(NCCc1ccccn1)NCC(=O)N1CCc2sccc2C1. The average molecular weight is 344 g/mol. The number of carbonyl (C=O) groups is 2. The Morgan fingerprint density at radius 3 is 3.00 bits per heavy atom. The van der Waals surface area contributed by atoms with E-state index in [1.807, 2.05) is 18.2 Å². The van der Waals surface area contributed by atoms with Gasteiger partial charge in [0.1, 0.15) is 0 Å². The van der Waals surface area contributed by atoms with Crippen molar-refractivity contribution in [1.82, 2.24) is 20.5 Å². The summed E-state index contributed by atoms with van der Waals surface area (Å²) < 4.78 is 0. The molecular formula is C17H20N4O2S. The van der Waals surface area contributed by atoms with Crippen LogP contribution in [-0.2, 0) is 24.2 Å². The van der Waals surface area contributed by atoms with Crippen LogP contribution in [0.2, 0.25) is 0 Å². The molecule has 2 N–H and O–H groups in total. The van der Waals surface area contributed by atoms with E-state index < -0.39 is 0 Å². The molecular weight excluding hydrogens is 324 g/mol. The third kappa shape index (κ3) is 4.32. The molecule has 3 rings (SSSR count). The second kappa shape index (κ2) is 7.92. The van der Waals surface area contributed by atoms with Crippen LogP contribution < -0.4 is 10.6 Å². The number of thiophene rings is 1. The molecule has 7 heteroatoms. The van der Waals surface area contributed by atoms with Crippen LogP contribution >= 0.6 is 11.3 Å². The molecule has 0 saturated heterocycles. The number of amides is 3. The van der Waals surface area contributed by atoms with Gasteiger partial charge in [-0.05, 0) is 35.6 Å². The number of pyridine rings is 1. The van der Waals surface area contributed by atoms with E-state index in [4.69, 9.17) is 0 Å². The first-order chi connectivity index (χ1) is 11.7. The van der Waals surface area contributed by atoms with Gasteiger partial charge in [0.25, 0.3) is 0 Å². The van der Waals surface area contributed by atoms with Crippen LogP contribution in [0.1, 0.15) is 16.1 Å². The van der Waals surface area contributed by atoms with Gasteiger partial charge < -0.3 is 15.5 Å². The van der Waals surface area contributed by atoms with Gasteiger partial charge in [0.2, 0.25) is 5.91 Å². The Morgan fingerprint density at radius 2 is 2.17 bits per heavy atom. The minimum Gasteiger partial charge on any atom is -0.338 e. The van der Waals surface area contributed by atoms with E-state index in [2.05, 4.69) is 27.1 Å². The van der Waals surface area contributed by atoms with Crippen LogP contribution in [0.5, 0.6) is 0 Å². The number of nitrogens with one attached hydrogen (secondary N) is 2. The van der Waals surface area contributed by atoms with Gasteiger partial charge in [-0.15, -0.1) is 11.3 Å². The quantitative estimate of drug-likeness (QED) is 0.865. The smallest absolute Gasteiger partial charge is 0.315 e. The molecule has 0 radical (unpaired) electrons. The van der Waals surface area contributed by atoms with Crippen molar-refractivity contribution in [2.24, 2.45) is 0 Å². The molecule has 0 fully saturated rings. The molecule has 0 unspecified atom stereocenters. The lowest BCUT2D eigenvalue weighted by atomic mass is 10.1. The van der Waals surface area contributed by atoms with E-state index >= 15 is 0 Å². The van der Waals surface area contributed by atoms with E-state index in [1.165, 1.54) is 10.4 Å². The lowest BCUT2D eigenvalue weighted by molar-refractivity contribution is -0.130. The van der Waals surface area contributed by atoms with Gasteiger partial charge in [-0.1, -0.05) is 6.07 Å². The van der Waals surface area contributed by atoms with Crippen LogP contribution in [0.25, 0.3) is 0 Å². The van der Waals surface area contributed by atoms with Crippen LogP contribution in [0, 0.1) is 0 Å². The van der Waals surface area contributed by atoms with Crippen molar-refractivity contribution in [3.8, 4) is 0 Å². The van der Waals surface area contributed by atoms with Crippen molar-refractivity contribution in [3.05, 3.63) is 52.0 Å². The molecule has 0 aromatic carbocycles. The highest BCUT2D eigenvalue weighted by Crippen LogP contribution is 2.23. The van der Waals surface area contributed by atoms with Crippen LogP contribution in [0.3, 0.4) is 0 Å². The zero-order chi connectivity index (χ0) is 16.8. The first-order valence-corrected chi connectivity index (χ1v) is 8.85. The Labute approximate surface area is 144 Å². The highest BCUT2D eigenvalue weighted by molar-refractivity contribution is 7.10. The summed E-state index contributed by atoms with van der Waals surface area (Å²) in [6.45, 7) is 1.86. The number of hydrogen-bond acceptors (Lipinski definition) is 4. The number of nitrogens with zero attached hydrogens (tertiary/aromatic N) is 2. The van der Waals surface area contributed by atoms with Crippen molar-refractivity contribution < 1.29 is 9.59 Å². The van der Waals surface area contributed by atoms with Gasteiger partial charge >= 0.3 is 6.03 Å². The van der Waals surface area contributed by atoms with Crippen molar-refractivity contribution >= 4 is 23.3 Å². The Hall–Kier alpha value is -2.41. The van der Waals surface area contributed by atoms with Gasteiger partial charge in [0, 0.05) is 42.8 Å². The van der Waals surface area contributed by atoms with E-state index in [0.717, 1.165) is 18.7 Å². The molecule has 0 saturated carbocycles. The maximum absolute atomic E-state index is 12.2. The summed E-state index contributed by atoms with van der Waals surface area (Å²) in [4.78, 5) is 31.3. The van der Waals surface area contributed by atoms with Gasteiger partial charge in [-0.25, -0.2) is 4.79 Å². The summed E-state index contributed by atoms with van der Waals surface area (Å²) in [5.41, 5.74) is 2.15. The molecule has 2 aromatic heterocycles. The molecule has 24 heavy (non-hydrogen) atoms. The summed E-state index contributed by atoms with van der Waals surface area (Å²) in [6.07, 6.45) is 3.29. The lowest BCUT2D eigenvalue weighted by Crippen LogP contribution is -2.45. The fourth-order valence-corrected chi connectivity index (χ4v) is 3.53. The summed E-state index contributed by atoms with van der Waals surface area (Å²) in [6, 6.07) is 7.43. The Morgan fingerprint density at radius 1 is 1.25 bits per heavy atom. The third-order valence-corrected chi connectivity index (χ3v) is 4.98. The van der Waals surface area contributed by atoms with Crippen LogP contribution in [-0.4, -0.2) is 41.5 Å². The number of hydrogen-bond donors (Lipinski definition) is 2. The number of fused-ring (bicyclic) bond motifs is 1. The minimum absolute atomic E-state index is 0.0227. The van der Waals surface area contributed by atoms with Gasteiger partial charge in [0.05, 0.1) is 6.54 Å². The number of urea groups is 1. The Kier molecular flexibility index (Phi) is 5.43. The zero-order valence-corrected chi connectivity index (χ0v) is 14.1. The Balaban J connectivity index is 1.36. The van der Waals surface area contributed by atoms with E-state index in [9.17, 15) is 9.59 Å². The highest BCUT2D eigenvalue weighted by Gasteiger charge is 2.21. The predicted molar refractivity (Wildman–Crippen MR) is 92.8 cm³/mol. The largest absolute Gasteiger partial charge is 0.338 e. The van der Waals surface area contributed by atoms with Crippen molar-refractivity contribution in [2.45, 2.75) is 19.4 Å². The summed E-state index contributed by atoms with van der Waals surface area (Å²) in [5.74, 6) is -0.0493. The van der Waals surface area contributed by atoms with Gasteiger partial charge in [0.15, 0.2) is 0 Å². The molecule has 1 aliphatic rings. The van der Waals surface area contributed by atoms with E-state index in [1.54, 1.807) is 22.4 Å². The second-order valence-electron chi connectivity index (χ2n) is 5.61. The summed E-state index contributed by atoms with van der Waals surface area (Å²) in [7, 11) is 0. The monoisotopic (exact) mass is 344 g/mol. The summed E-state index contributed by atoms with van der Waals surface area (Å²) >= 11 is 1.74. The van der Waals surface area contributed by atoms with Gasteiger partial charge in [-0.2, -0.15) is 0 Å². The fraction of sp³-hybridized carbons (Fsp3) is 0.353. The number of carbonyl (C=O) groups excluding carboxylic acids is 2. The molecule has 2 aromatic rings. The Bertz CT molecular complexity index is 702. The molecule has 0 aliphatic carbocycles. The molecule has 0 bridgehead atoms. The zero-order valence-electron chi connectivity index (χ0n) is 13.3. The molecule has 3 heterocycles. The van der Waals surface area contributed by atoms with E-state index in [-0.39, 0.29) is 18.5 Å². The first-order valence-electron chi connectivity index (χ1n) is 7.97. The number of rotatable bonds is 5. The fourth-order valence-electron chi connectivity index (χ4n) is 2.64. The van der Waals surface area contributed by atoms with Gasteiger partial charge in [-0.3, -0.25) is 9.78 Å². The highest BCUT2D eigenvalue weighted by atomic mass is 32.1. The van der Waals surface area contributed by atoms with E-state index in [0.29, 0.717) is 19.5 Å². The normalized spacial score (nSPS) is 13.2. The van der Waals surface area contributed by atoms with Crippen molar-refractivity contribution in [3.63, 3.8) is 0 Å². The standard InChI is InChI=1S/C17H20N4O2S/c22-16(21-9-5-15-13(12-21)6-10-24-15)11-20-17(23)19-8-4-14-3-1-2-7-18-14/h1-3,6-7,10H,4-5,8-9,11-12H2,(H2,19,20,23). The second-order valence-corrected chi connectivity index (χ2v) is 6.62. The minimum atomic E-state index is -0.326. The number of aromatic nitrogens is 1. The lowest BCUT2D eigenvalue weighted by Gasteiger charge is -2.27. The molecule has 6 nitrogen and oxygen atoms in total. The predicted octanol–water partition coefficient (Wildman–Crippen LogP) is 1.57. The molecule has 0 atom stereocenters. The maximum atomic E-state index is 12.2. The van der Waals surface area contributed by atoms with Crippen molar-refractivity contribution in [1.29, 1.82) is 0 Å².